The van der Waals surface area contributed by atoms with Crippen LogP contribution in [0.4, 0.5) is 14.5 Å². The number of ketones is 1. The molecule has 0 spiro atoms. The van der Waals surface area contributed by atoms with Crippen molar-refractivity contribution in [3.05, 3.63) is 47.5 Å². The average Bonchev–Trinajstić information content (AvgIpc) is 2.66. The van der Waals surface area contributed by atoms with Crippen LogP contribution in [0.25, 0.3) is 0 Å². The minimum Gasteiger partial charge on any atom is -0.481 e. The molecule has 1 aliphatic rings. The van der Waals surface area contributed by atoms with Crippen LogP contribution in [0.3, 0.4) is 0 Å². The van der Waals surface area contributed by atoms with Gasteiger partial charge in [0.15, 0.2) is 0 Å². The second-order valence-electron chi connectivity index (χ2n) is 7.26. The van der Waals surface area contributed by atoms with E-state index in [-0.39, 0.29) is 36.1 Å². The van der Waals surface area contributed by atoms with E-state index in [1.54, 1.807) is 0 Å². The summed E-state index contributed by atoms with van der Waals surface area (Å²) < 4.78 is 34.9. The number of hydrogen-bond acceptors (Lipinski definition) is 5. The van der Waals surface area contributed by atoms with Gasteiger partial charge in [-0.05, 0) is 23.1 Å². The van der Waals surface area contributed by atoms with Crippen LogP contribution < -0.4 is 14.8 Å². The Balaban J connectivity index is 1.97. The van der Waals surface area contributed by atoms with E-state index in [0.717, 1.165) is 11.1 Å². The maximum atomic E-state index is 13.3. The number of carbonyl (C=O) groups is 2. The molecule has 0 atom stereocenters. The summed E-state index contributed by atoms with van der Waals surface area (Å²) in [5, 5.41) is 2.63. The standard InChI is InChI=1S/C21H22F2N2O4/c1-12(2)14-6-4-5-7-15(14)21(10-13(26)11-21)19(27)24-16-8-9-17(28-3)25-18(16)29-20(22)23/h4-9,12,20H,10-11H2,1-3H3,(H,24,27). The van der Waals surface area contributed by atoms with E-state index in [9.17, 15) is 18.4 Å². The number of nitrogens with one attached hydrogen (secondary N) is 1. The van der Waals surface area contributed by atoms with Gasteiger partial charge in [0.05, 0.1) is 12.5 Å². The third-order valence-corrected chi connectivity index (χ3v) is 5.02. The maximum Gasteiger partial charge on any atom is 0.388 e. The topological polar surface area (TPSA) is 77.5 Å². The monoisotopic (exact) mass is 404 g/mol. The number of pyridine rings is 1. The molecule has 1 aliphatic carbocycles. The van der Waals surface area contributed by atoms with Gasteiger partial charge in [-0.2, -0.15) is 13.8 Å². The van der Waals surface area contributed by atoms with Crippen molar-refractivity contribution in [2.24, 2.45) is 0 Å². The molecule has 3 rings (SSSR count). The predicted octanol–water partition coefficient (Wildman–Crippen LogP) is 4.05. The molecular weight excluding hydrogens is 382 g/mol. The number of rotatable bonds is 7. The number of ether oxygens (including phenoxy) is 2. The minimum atomic E-state index is -3.12. The summed E-state index contributed by atoms with van der Waals surface area (Å²) in [6.45, 7) is 0.894. The second kappa shape index (κ2) is 8.14. The first-order valence-corrected chi connectivity index (χ1v) is 9.19. The molecule has 1 N–H and O–H groups in total. The number of Topliss-reactive ketones (excluding diaryl/α,β-unsaturated/α-hetero) is 1. The predicted molar refractivity (Wildman–Crippen MR) is 103 cm³/mol. The van der Waals surface area contributed by atoms with Gasteiger partial charge in [-0.1, -0.05) is 38.1 Å². The van der Waals surface area contributed by atoms with Crippen molar-refractivity contribution in [3.8, 4) is 11.8 Å². The fourth-order valence-corrected chi connectivity index (χ4v) is 3.58. The zero-order valence-corrected chi connectivity index (χ0v) is 16.4. The Hall–Kier alpha value is -3.03. The Morgan fingerprint density at radius 1 is 1.17 bits per heavy atom. The summed E-state index contributed by atoms with van der Waals surface area (Å²) in [6.07, 6.45) is 0.106. The lowest BCUT2D eigenvalue weighted by atomic mass is 9.61. The summed E-state index contributed by atoms with van der Waals surface area (Å²) in [5.41, 5.74) is 0.661. The van der Waals surface area contributed by atoms with Crippen molar-refractivity contribution in [3.63, 3.8) is 0 Å². The van der Waals surface area contributed by atoms with Gasteiger partial charge in [0.25, 0.3) is 0 Å². The van der Waals surface area contributed by atoms with Crippen LogP contribution in [0.5, 0.6) is 11.8 Å². The molecule has 1 fully saturated rings. The summed E-state index contributed by atoms with van der Waals surface area (Å²) in [4.78, 5) is 29.0. The van der Waals surface area contributed by atoms with E-state index in [1.807, 2.05) is 38.1 Å². The molecule has 0 radical (unpaired) electrons. The number of nitrogens with zero attached hydrogens (tertiary/aromatic N) is 1. The Kier molecular flexibility index (Phi) is 5.81. The third-order valence-electron chi connectivity index (χ3n) is 5.02. The van der Waals surface area contributed by atoms with Crippen LogP contribution in [-0.4, -0.2) is 30.4 Å². The highest BCUT2D eigenvalue weighted by Gasteiger charge is 2.52. The van der Waals surface area contributed by atoms with E-state index in [2.05, 4.69) is 15.0 Å². The number of carbonyl (C=O) groups excluding carboxylic acids is 2. The van der Waals surface area contributed by atoms with Crippen molar-refractivity contribution >= 4 is 17.4 Å². The second-order valence-corrected chi connectivity index (χ2v) is 7.26. The number of anilines is 1. The number of hydrogen-bond donors (Lipinski definition) is 1. The number of amides is 1. The molecule has 1 aromatic carbocycles. The van der Waals surface area contributed by atoms with Crippen LogP contribution in [-0.2, 0) is 15.0 Å². The van der Waals surface area contributed by atoms with E-state index in [0.29, 0.717) is 0 Å². The van der Waals surface area contributed by atoms with Gasteiger partial charge >= 0.3 is 6.61 Å². The zero-order chi connectivity index (χ0) is 21.2. The smallest absolute Gasteiger partial charge is 0.388 e. The maximum absolute atomic E-state index is 13.3. The van der Waals surface area contributed by atoms with Gasteiger partial charge in [-0.25, -0.2) is 0 Å². The number of methoxy groups -OCH3 is 1. The lowest BCUT2D eigenvalue weighted by Crippen LogP contribution is -2.51. The first-order valence-electron chi connectivity index (χ1n) is 9.19. The summed E-state index contributed by atoms with van der Waals surface area (Å²) >= 11 is 0. The molecule has 2 aromatic rings. The first kappa shape index (κ1) is 20.7. The van der Waals surface area contributed by atoms with Crippen molar-refractivity contribution in [2.75, 3.05) is 12.4 Å². The highest BCUT2D eigenvalue weighted by atomic mass is 19.3. The average molecular weight is 404 g/mol. The number of benzene rings is 1. The molecule has 154 valence electrons. The lowest BCUT2D eigenvalue weighted by molar-refractivity contribution is -0.138. The van der Waals surface area contributed by atoms with Crippen molar-refractivity contribution in [2.45, 2.75) is 44.6 Å². The minimum absolute atomic E-state index is 0.0168. The fourth-order valence-electron chi connectivity index (χ4n) is 3.58. The highest BCUT2D eigenvalue weighted by Crippen LogP contribution is 2.45. The van der Waals surface area contributed by atoms with Crippen molar-refractivity contribution in [1.29, 1.82) is 0 Å². The van der Waals surface area contributed by atoms with Gasteiger partial charge < -0.3 is 14.8 Å². The molecule has 1 amide bonds. The van der Waals surface area contributed by atoms with E-state index >= 15 is 0 Å². The van der Waals surface area contributed by atoms with Crippen molar-refractivity contribution < 1.29 is 27.8 Å². The summed E-state index contributed by atoms with van der Waals surface area (Å²) in [7, 11) is 1.34. The fraction of sp³-hybridized carbons (Fsp3) is 0.381. The van der Waals surface area contributed by atoms with Gasteiger partial charge in [0.2, 0.25) is 17.7 Å². The van der Waals surface area contributed by atoms with Crippen LogP contribution in [0.15, 0.2) is 36.4 Å². The van der Waals surface area contributed by atoms with Gasteiger partial charge in [-0.15, -0.1) is 0 Å². The Morgan fingerprint density at radius 3 is 2.45 bits per heavy atom. The van der Waals surface area contributed by atoms with Crippen LogP contribution in [0.2, 0.25) is 0 Å². The Labute approximate surface area is 167 Å². The van der Waals surface area contributed by atoms with Crippen LogP contribution in [0.1, 0.15) is 43.7 Å². The SMILES string of the molecule is COc1ccc(NC(=O)C2(c3ccccc3C(C)C)CC(=O)C2)c(OC(F)F)n1. The summed E-state index contributed by atoms with van der Waals surface area (Å²) in [5.74, 6) is -0.734. The quantitative estimate of drug-likeness (QED) is 0.753. The Morgan fingerprint density at radius 2 is 1.86 bits per heavy atom. The first-order chi connectivity index (χ1) is 13.8. The molecule has 6 nitrogen and oxygen atoms in total. The van der Waals surface area contributed by atoms with E-state index in [1.165, 1.54) is 19.2 Å². The third kappa shape index (κ3) is 4.06. The molecule has 0 bridgehead atoms. The highest BCUT2D eigenvalue weighted by molar-refractivity contribution is 6.09. The molecule has 0 aliphatic heterocycles. The molecule has 1 aromatic heterocycles. The number of halogens is 2. The normalized spacial score (nSPS) is 15.2. The van der Waals surface area contributed by atoms with E-state index in [4.69, 9.17) is 4.74 Å². The van der Waals surface area contributed by atoms with Gasteiger partial charge in [0, 0.05) is 18.9 Å². The molecule has 29 heavy (non-hydrogen) atoms. The lowest BCUT2D eigenvalue weighted by Gasteiger charge is -2.41. The molecule has 1 heterocycles. The Bertz CT molecular complexity index is 923. The van der Waals surface area contributed by atoms with Crippen molar-refractivity contribution in [1.82, 2.24) is 4.98 Å². The molecule has 0 unspecified atom stereocenters. The largest absolute Gasteiger partial charge is 0.481 e. The van der Waals surface area contributed by atoms with Crippen LogP contribution >= 0.6 is 0 Å². The molecule has 0 saturated heterocycles. The molecular formula is C21H22F2N2O4. The molecule has 1 saturated carbocycles. The van der Waals surface area contributed by atoms with E-state index < -0.39 is 23.8 Å². The molecule has 8 heteroatoms. The zero-order valence-electron chi connectivity index (χ0n) is 16.4. The number of aromatic nitrogens is 1. The van der Waals surface area contributed by atoms with Crippen LogP contribution in [0, 0.1) is 0 Å². The van der Waals surface area contributed by atoms with Gasteiger partial charge in [0.1, 0.15) is 11.5 Å². The summed E-state index contributed by atoms with van der Waals surface area (Å²) in [6, 6.07) is 10.3. The van der Waals surface area contributed by atoms with Gasteiger partial charge in [-0.3, -0.25) is 9.59 Å². The number of alkyl halides is 2.